The number of nitrogens with zero attached hydrogens (tertiary/aromatic N) is 3. The number of carbonyl (C=O) groups is 1. The number of anilines is 1. The fraction of sp³-hybridized carbons (Fsp3) is 0.0500. The van der Waals surface area contributed by atoms with Crippen LogP contribution in [-0.4, -0.2) is 25.9 Å². The highest BCUT2D eigenvalue weighted by molar-refractivity contribution is 6.30. The van der Waals surface area contributed by atoms with Crippen molar-refractivity contribution in [3.8, 4) is 16.9 Å². The fourth-order valence-corrected chi connectivity index (χ4v) is 3.07. The summed E-state index contributed by atoms with van der Waals surface area (Å²) in [5, 5.41) is 15.5. The van der Waals surface area contributed by atoms with Crippen LogP contribution in [0.4, 0.5) is 5.82 Å². The summed E-state index contributed by atoms with van der Waals surface area (Å²) in [5.74, 6) is 0.139. The zero-order valence-electron chi connectivity index (χ0n) is 14.8. The standard InChI is InChI=1S/C20H15Cl2N5O/c1-12-17(11-23-27(12)16-8-6-15(22)7-9-16)20(28)24-19-10-18(25-26-19)13-2-4-14(21)5-3-13/h2-11H,1H3,(H2,24,25,26,28). The molecule has 2 aromatic heterocycles. The third kappa shape index (κ3) is 3.65. The van der Waals surface area contributed by atoms with E-state index in [1.165, 1.54) is 6.20 Å². The SMILES string of the molecule is Cc1c(C(=O)Nc2cc(-c3ccc(Cl)cc3)[nH]n2)cnn1-c1ccc(Cl)cc1. The first kappa shape index (κ1) is 18.3. The minimum atomic E-state index is -0.285. The Morgan fingerprint density at radius 3 is 2.36 bits per heavy atom. The van der Waals surface area contributed by atoms with Crippen LogP contribution in [0.25, 0.3) is 16.9 Å². The molecule has 1 amide bonds. The zero-order chi connectivity index (χ0) is 19.7. The summed E-state index contributed by atoms with van der Waals surface area (Å²) < 4.78 is 1.69. The van der Waals surface area contributed by atoms with Gasteiger partial charge in [0.15, 0.2) is 5.82 Å². The first-order valence-corrected chi connectivity index (χ1v) is 9.20. The maximum absolute atomic E-state index is 12.7. The smallest absolute Gasteiger partial charge is 0.260 e. The van der Waals surface area contributed by atoms with E-state index in [0.29, 0.717) is 27.1 Å². The number of carbonyl (C=O) groups excluding carboxylic acids is 1. The molecule has 0 saturated heterocycles. The van der Waals surface area contributed by atoms with Gasteiger partial charge in [-0.3, -0.25) is 9.89 Å². The average Bonchev–Trinajstić information content (AvgIpc) is 3.30. The van der Waals surface area contributed by atoms with E-state index in [1.54, 1.807) is 35.0 Å². The lowest BCUT2D eigenvalue weighted by atomic mass is 10.1. The second kappa shape index (κ2) is 7.50. The lowest BCUT2D eigenvalue weighted by Gasteiger charge is -2.05. The van der Waals surface area contributed by atoms with E-state index in [-0.39, 0.29) is 5.91 Å². The molecule has 0 saturated carbocycles. The molecule has 140 valence electrons. The van der Waals surface area contributed by atoms with Crippen LogP contribution in [-0.2, 0) is 0 Å². The Morgan fingerprint density at radius 1 is 1.04 bits per heavy atom. The molecular weight excluding hydrogens is 397 g/mol. The van der Waals surface area contributed by atoms with Gasteiger partial charge in [-0.1, -0.05) is 35.3 Å². The van der Waals surface area contributed by atoms with Crippen molar-refractivity contribution in [3.63, 3.8) is 0 Å². The molecule has 0 aliphatic carbocycles. The van der Waals surface area contributed by atoms with Gasteiger partial charge >= 0.3 is 0 Å². The summed E-state index contributed by atoms with van der Waals surface area (Å²) >= 11 is 11.8. The van der Waals surface area contributed by atoms with Crippen LogP contribution in [0.15, 0.2) is 60.8 Å². The number of benzene rings is 2. The fourth-order valence-electron chi connectivity index (χ4n) is 2.82. The summed E-state index contributed by atoms with van der Waals surface area (Å²) in [7, 11) is 0. The molecular formula is C20H15Cl2N5O. The molecule has 0 aliphatic rings. The molecule has 2 heterocycles. The summed E-state index contributed by atoms with van der Waals surface area (Å²) in [6.07, 6.45) is 1.53. The summed E-state index contributed by atoms with van der Waals surface area (Å²) in [6.45, 7) is 1.83. The molecule has 28 heavy (non-hydrogen) atoms. The molecule has 6 nitrogen and oxygen atoms in total. The number of H-pyrrole nitrogens is 1. The first-order valence-electron chi connectivity index (χ1n) is 8.44. The molecule has 0 atom stereocenters. The Bertz CT molecular complexity index is 1130. The Morgan fingerprint density at radius 2 is 1.68 bits per heavy atom. The van der Waals surface area contributed by atoms with Crippen molar-refractivity contribution in [3.05, 3.63) is 82.1 Å². The second-order valence-electron chi connectivity index (χ2n) is 6.16. The number of rotatable bonds is 4. The van der Waals surface area contributed by atoms with Gasteiger partial charge in [0.25, 0.3) is 5.91 Å². The molecule has 8 heteroatoms. The van der Waals surface area contributed by atoms with Crippen molar-refractivity contribution < 1.29 is 4.79 Å². The van der Waals surface area contributed by atoms with Crippen molar-refractivity contribution in [2.75, 3.05) is 5.32 Å². The monoisotopic (exact) mass is 411 g/mol. The number of nitrogens with one attached hydrogen (secondary N) is 2. The first-order chi connectivity index (χ1) is 13.5. The van der Waals surface area contributed by atoms with Gasteiger partial charge in [-0.15, -0.1) is 0 Å². The van der Waals surface area contributed by atoms with Gasteiger partial charge in [-0.2, -0.15) is 10.2 Å². The lowest BCUT2D eigenvalue weighted by Crippen LogP contribution is -2.13. The third-order valence-corrected chi connectivity index (χ3v) is 4.80. The van der Waals surface area contributed by atoms with Crippen LogP contribution in [0.1, 0.15) is 16.1 Å². The van der Waals surface area contributed by atoms with E-state index >= 15 is 0 Å². The van der Waals surface area contributed by atoms with Gasteiger partial charge in [0.2, 0.25) is 0 Å². The molecule has 0 unspecified atom stereocenters. The van der Waals surface area contributed by atoms with Crippen LogP contribution in [0, 0.1) is 6.92 Å². The molecule has 0 spiro atoms. The van der Waals surface area contributed by atoms with E-state index in [2.05, 4.69) is 20.6 Å². The summed E-state index contributed by atoms with van der Waals surface area (Å²) in [6, 6.07) is 16.4. The van der Waals surface area contributed by atoms with Crippen LogP contribution in [0.5, 0.6) is 0 Å². The van der Waals surface area contributed by atoms with Gasteiger partial charge in [0, 0.05) is 16.1 Å². The van der Waals surface area contributed by atoms with Gasteiger partial charge < -0.3 is 5.32 Å². The molecule has 0 bridgehead atoms. The quantitative estimate of drug-likeness (QED) is 0.488. The largest absolute Gasteiger partial charge is 0.305 e. The van der Waals surface area contributed by atoms with E-state index in [1.807, 2.05) is 31.2 Å². The molecule has 0 radical (unpaired) electrons. The van der Waals surface area contributed by atoms with Crippen LogP contribution in [0.2, 0.25) is 10.0 Å². The van der Waals surface area contributed by atoms with Crippen molar-refractivity contribution in [1.82, 2.24) is 20.0 Å². The van der Waals surface area contributed by atoms with Crippen molar-refractivity contribution in [2.45, 2.75) is 6.92 Å². The lowest BCUT2D eigenvalue weighted by molar-refractivity contribution is 0.102. The van der Waals surface area contributed by atoms with Gasteiger partial charge in [-0.25, -0.2) is 4.68 Å². The van der Waals surface area contributed by atoms with E-state index in [4.69, 9.17) is 23.2 Å². The Labute approximate surface area is 171 Å². The predicted octanol–water partition coefficient (Wildman–Crippen LogP) is 5.13. The summed E-state index contributed by atoms with van der Waals surface area (Å²) in [5.41, 5.74) is 3.70. The minimum Gasteiger partial charge on any atom is -0.305 e. The highest BCUT2D eigenvalue weighted by atomic mass is 35.5. The van der Waals surface area contributed by atoms with Gasteiger partial charge in [0.05, 0.1) is 28.8 Å². The maximum Gasteiger partial charge on any atom is 0.260 e. The Balaban J connectivity index is 1.53. The second-order valence-corrected chi connectivity index (χ2v) is 7.03. The zero-order valence-corrected chi connectivity index (χ0v) is 16.3. The number of aromatic amines is 1. The maximum atomic E-state index is 12.7. The number of halogens is 2. The van der Waals surface area contributed by atoms with E-state index < -0.39 is 0 Å². The van der Waals surface area contributed by atoms with Crippen LogP contribution in [0.3, 0.4) is 0 Å². The number of hydrogen-bond acceptors (Lipinski definition) is 3. The molecule has 4 rings (SSSR count). The third-order valence-electron chi connectivity index (χ3n) is 4.30. The summed E-state index contributed by atoms with van der Waals surface area (Å²) in [4.78, 5) is 12.7. The van der Waals surface area contributed by atoms with Crippen molar-refractivity contribution >= 4 is 34.9 Å². The normalized spacial score (nSPS) is 10.8. The molecule has 0 aliphatic heterocycles. The van der Waals surface area contributed by atoms with Gasteiger partial charge in [0.1, 0.15) is 0 Å². The number of hydrogen-bond donors (Lipinski definition) is 2. The Hall–Kier alpha value is -3.09. The minimum absolute atomic E-state index is 0.285. The van der Waals surface area contributed by atoms with Crippen molar-refractivity contribution in [2.24, 2.45) is 0 Å². The molecule has 2 aromatic carbocycles. The molecule has 0 fully saturated rings. The highest BCUT2D eigenvalue weighted by Crippen LogP contribution is 2.22. The number of amides is 1. The predicted molar refractivity (Wildman–Crippen MR) is 110 cm³/mol. The molecule has 2 N–H and O–H groups in total. The van der Waals surface area contributed by atoms with Gasteiger partial charge in [-0.05, 0) is 48.9 Å². The topological polar surface area (TPSA) is 75.6 Å². The van der Waals surface area contributed by atoms with E-state index in [9.17, 15) is 4.79 Å². The Kier molecular flexibility index (Phi) is 4.90. The van der Waals surface area contributed by atoms with Crippen LogP contribution < -0.4 is 5.32 Å². The average molecular weight is 412 g/mol. The number of aromatic nitrogens is 4. The highest BCUT2D eigenvalue weighted by Gasteiger charge is 2.16. The van der Waals surface area contributed by atoms with E-state index in [0.717, 1.165) is 16.9 Å². The molecule has 4 aromatic rings. The van der Waals surface area contributed by atoms with Crippen molar-refractivity contribution in [1.29, 1.82) is 0 Å². The van der Waals surface area contributed by atoms with Crippen LogP contribution >= 0.6 is 23.2 Å².